The first-order chi connectivity index (χ1) is 33.7. The molecular formula is C64H42N4. The van der Waals surface area contributed by atoms with Gasteiger partial charge in [-0.2, -0.15) is 0 Å². The quantitative estimate of drug-likeness (QED) is 0.165. The van der Waals surface area contributed by atoms with E-state index in [4.69, 9.17) is 9.97 Å². The van der Waals surface area contributed by atoms with Crippen molar-refractivity contribution in [3.8, 4) is 33.9 Å². The van der Waals surface area contributed by atoms with Crippen molar-refractivity contribution in [2.45, 2.75) is 25.7 Å². The van der Waals surface area contributed by atoms with Gasteiger partial charge in [0.2, 0.25) is 0 Å². The molecule has 0 atom stereocenters. The lowest BCUT2D eigenvalue weighted by Gasteiger charge is -2.17. The minimum Gasteiger partial charge on any atom is -0.309 e. The normalized spacial score (nSPS) is 13.1. The van der Waals surface area contributed by atoms with E-state index >= 15 is 0 Å². The second-order valence-electron chi connectivity index (χ2n) is 18.8. The number of para-hydroxylation sites is 4. The molecule has 0 radical (unpaired) electrons. The molecule has 3 heterocycles. The van der Waals surface area contributed by atoms with Crippen LogP contribution in [-0.2, 0) is 12.8 Å². The molecule has 14 aromatic rings. The zero-order valence-electron chi connectivity index (χ0n) is 37.2. The van der Waals surface area contributed by atoms with E-state index in [0.717, 1.165) is 61.9 Å². The number of benzene rings is 11. The highest BCUT2D eigenvalue weighted by Gasteiger charge is 2.22. The van der Waals surface area contributed by atoms with Crippen LogP contribution in [0.2, 0.25) is 0 Å². The molecule has 4 nitrogen and oxygen atoms in total. The molecule has 15 rings (SSSR count). The summed E-state index contributed by atoms with van der Waals surface area (Å²) in [5, 5.41) is 14.8. The van der Waals surface area contributed by atoms with E-state index in [1.54, 1.807) is 5.56 Å². The summed E-state index contributed by atoms with van der Waals surface area (Å²) >= 11 is 0. The number of aryl methyl sites for hydroxylation is 2. The van der Waals surface area contributed by atoms with E-state index in [9.17, 15) is 0 Å². The van der Waals surface area contributed by atoms with Gasteiger partial charge in [-0.25, -0.2) is 9.97 Å². The maximum atomic E-state index is 5.52. The standard InChI is InChI=1S/C64H42N4/c1-4-16-48-39(13-1)25-26-41-27-28-44(35-53(41)48)63-64(66-57-22-10-9-21-56(57)65-63)55-38-47(33-43-15-3-5-17-49(43)55)68-58-23-11-7-19-51(58)54-36-45-34-46(31-29-42(45)37-61(54)68)67-59-24-12-8-20-52(59)62-50-18-6-2-14-40(50)30-32-60(62)67/h1,3-5,7-13,15-17,19-38H,2,6,14,18H2. The topological polar surface area (TPSA) is 35.6 Å². The van der Waals surface area contributed by atoms with Crippen LogP contribution >= 0.6 is 0 Å². The van der Waals surface area contributed by atoms with Crippen molar-refractivity contribution in [2.24, 2.45) is 0 Å². The molecule has 4 heteroatoms. The molecule has 0 saturated heterocycles. The number of nitrogens with zero attached hydrogens (tertiary/aromatic N) is 4. The van der Waals surface area contributed by atoms with Crippen LogP contribution in [0.3, 0.4) is 0 Å². The molecule has 0 N–H and O–H groups in total. The van der Waals surface area contributed by atoms with Gasteiger partial charge in [-0.1, -0.05) is 133 Å². The highest BCUT2D eigenvalue weighted by atomic mass is 15.0. The molecule has 1 aliphatic rings. The summed E-state index contributed by atoms with van der Waals surface area (Å²) in [5.41, 5.74) is 15.8. The van der Waals surface area contributed by atoms with Gasteiger partial charge in [-0.3, -0.25) is 0 Å². The number of hydrogen-bond acceptors (Lipinski definition) is 2. The fourth-order valence-corrected chi connectivity index (χ4v) is 11.9. The highest BCUT2D eigenvalue weighted by molar-refractivity contribution is 6.16. The lowest BCUT2D eigenvalue weighted by molar-refractivity contribution is 0.690. The third-order valence-electron chi connectivity index (χ3n) is 15.0. The molecular weight excluding hydrogens is 825 g/mol. The Hall–Kier alpha value is -8.60. The Morgan fingerprint density at radius 1 is 0.338 bits per heavy atom. The molecule has 3 aromatic heterocycles. The SMILES string of the molecule is c1ccc2c(-c3nc4ccccc4nc3-c3ccc4ccc5ccccc5c4c3)cc(-n3c4ccccc4c4cc5cc(-n6c7ccccc7c7c8c(ccc76)CCCC8)ccc5cc43)cc2c1. The van der Waals surface area contributed by atoms with E-state index in [2.05, 4.69) is 209 Å². The number of hydrogen-bond donors (Lipinski definition) is 0. The molecule has 0 unspecified atom stereocenters. The summed E-state index contributed by atoms with van der Waals surface area (Å²) in [6.45, 7) is 0. The average molecular weight is 867 g/mol. The van der Waals surface area contributed by atoms with Crippen LogP contribution in [0.1, 0.15) is 24.0 Å². The van der Waals surface area contributed by atoms with E-state index in [-0.39, 0.29) is 0 Å². The Morgan fingerprint density at radius 3 is 1.82 bits per heavy atom. The molecule has 0 fully saturated rings. The van der Waals surface area contributed by atoms with Crippen molar-refractivity contribution in [1.29, 1.82) is 0 Å². The van der Waals surface area contributed by atoms with E-state index in [1.807, 2.05) is 6.07 Å². The summed E-state index contributed by atoms with van der Waals surface area (Å²) in [7, 11) is 0. The third-order valence-corrected chi connectivity index (χ3v) is 15.0. The van der Waals surface area contributed by atoms with Gasteiger partial charge in [-0.05, 0) is 153 Å². The summed E-state index contributed by atoms with van der Waals surface area (Å²) < 4.78 is 4.95. The average Bonchev–Trinajstić information content (AvgIpc) is 3.92. The largest absolute Gasteiger partial charge is 0.309 e. The molecule has 0 saturated carbocycles. The van der Waals surface area contributed by atoms with Gasteiger partial charge in [0.05, 0.1) is 44.5 Å². The predicted molar refractivity (Wildman–Crippen MR) is 286 cm³/mol. The Bertz CT molecular complexity index is 4450. The second-order valence-corrected chi connectivity index (χ2v) is 18.8. The zero-order chi connectivity index (χ0) is 44.5. The van der Waals surface area contributed by atoms with Crippen LogP contribution in [0.5, 0.6) is 0 Å². The molecule has 0 spiro atoms. The Labute approximate surface area is 392 Å². The number of rotatable bonds is 4. The van der Waals surface area contributed by atoms with Crippen LogP contribution in [0.4, 0.5) is 0 Å². The first kappa shape index (κ1) is 37.6. The van der Waals surface area contributed by atoms with Crippen molar-refractivity contribution in [3.63, 3.8) is 0 Å². The van der Waals surface area contributed by atoms with E-state index in [1.165, 1.54) is 101 Å². The van der Waals surface area contributed by atoms with Gasteiger partial charge in [-0.15, -0.1) is 0 Å². The fourth-order valence-electron chi connectivity index (χ4n) is 11.9. The zero-order valence-corrected chi connectivity index (χ0v) is 37.2. The molecule has 318 valence electrons. The fraction of sp³-hybridized carbons (Fsp3) is 0.0625. The molecule has 68 heavy (non-hydrogen) atoms. The highest BCUT2D eigenvalue weighted by Crippen LogP contribution is 2.43. The lowest BCUT2D eigenvalue weighted by Crippen LogP contribution is -2.03. The van der Waals surface area contributed by atoms with Crippen molar-refractivity contribution < 1.29 is 0 Å². The van der Waals surface area contributed by atoms with Gasteiger partial charge in [0.1, 0.15) is 0 Å². The summed E-state index contributed by atoms with van der Waals surface area (Å²) in [4.78, 5) is 11.0. The van der Waals surface area contributed by atoms with Gasteiger partial charge < -0.3 is 9.13 Å². The molecule has 0 aliphatic heterocycles. The molecule has 1 aliphatic carbocycles. The van der Waals surface area contributed by atoms with Gasteiger partial charge >= 0.3 is 0 Å². The molecule has 0 amide bonds. The maximum Gasteiger partial charge on any atom is 0.0980 e. The van der Waals surface area contributed by atoms with Crippen molar-refractivity contribution in [2.75, 3.05) is 0 Å². The van der Waals surface area contributed by atoms with Crippen LogP contribution in [-0.4, -0.2) is 19.1 Å². The summed E-state index contributed by atoms with van der Waals surface area (Å²) in [6.07, 6.45) is 4.86. The van der Waals surface area contributed by atoms with E-state index < -0.39 is 0 Å². The predicted octanol–water partition coefficient (Wildman–Crippen LogP) is 16.6. The number of fused-ring (bicyclic) bond motifs is 14. The first-order valence-electron chi connectivity index (χ1n) is 23.9. The third kappa shape index (κ3) is 5.55. The Kier molecular flexibility index (Phi) is 7.99. The maximum absolute atomic E-state index is 5.52. The summed E-state index contributed by atoms with van der Waals surface area (Å²) in [5.74, 6) is 0. The van der Waals surface area contributed by atoms with Crippen molar-refractivity contribution >= 4 is 97.7 Å². The molecule has 0 bridgehead atoms. The van der Waals surface area contributed by atoms with Crippen LogP contribution < -0.4 is 0 Å². The van der Waals surface area contributed by atoms with Gasteiger partial charge in [0.15, 0.2) is 0 Å². The van der Waals surface area contributed by atoms with Crippen LogP contribution in [0.25, 0.3) is 132 Å². The van der Waals surface area contributed by atoms with Crippen LogP contribution in [0, 0.1) is 0 Å². The van der Waals surface area contributed by atoms with Crippen molar-refractivity contribution in [3.05, 3.63) is 217 Å². The Morgan fingerprint density at radius 2 is 0.971 bits per heavy atom. The lowest BCUT2D eigenvalue weighted by atomic mass is 9.88. The van der Waals surface area contributed by atoms with Gasteiger partial charge in [0.25, 0.3) is 0 Å². The van der Waals surface area contributed by atoms with Crippen molar-refractivity contribution in [1.82, 2.24) is 19.1 Å². The Balaban J connectivity index is 0.951. The minimum atomic E-state index is 0.866. The monoisotopic (exact) mass is 866 g/mol. The van der Waals surface area contributed by atoms with Gasteiger partial charge in [0, 0.05) is 44.0 Å². The number of aromatic nitrogens is 4. The molecule has 11 aromatic carbocycles. The first-order valence-corrected chi connectivity index (χ1v) is 23.9. The van der Waals surface area contributed by atoms with Crippen LogP contribution in [0.15, 0.2) is 206 Å². The minimum absolute atomic E-state index is 0.866. The smallest absolute Gasteiger partial charge is 0.0980 e. The summed E-state index contributed by atoms with van der Waals surface area (Å²) in [6, 6.07) is 76.0. The van der Waals surface area contributed by atoms with E-state index in [0.29, 0.717) is 0 Å². The second kappa shape index (κ2) is 14.4.